The summed E-state index contributed by atoms with van der Waals surface area (Å²) in [6.07, 6.45) is 1.65. The Labute approximate surface area is 125 Å². The summed E-state index contributed by atoms with van der Waals surface area (Å²) in [5.74, 6) is 0.472. The van der Waals surface area contributed by atoms with Crippen LogP contribution in [0.1, 0.15) is 24.5 Å². The van der Waals surface area contributed by atoms with Gasteiger partial charge in [-0.3, -0.25) is 14.5 Å². The number of aromatic amines is 1. The van der Waals surface area contributed by atoms with Crippen molar-refractivity contribution in [2.75, 3.05) is 0 Å². The standard InChI is InChI=1S/C14H14ClN5O/c1-7(16)13-18-10-5-3-4-9(15)12(10)14(21)20(13)11-6-17-19-8(11)2/h3-7H,16H2,1-2H3,(H,17,19)/t7-/m0/s1. The molecule has 0 aliphatic rings. The number of halogens is 1. The molecule has 0 amide bonds. The Morgan fingerprint density at radius 3 is 2.81 bits per heavy atom. The van der Waals surface area contributed by atoms with Gasteiger partial charge in [0.25, 0.3) is 5.56 Å². The molecule has 1 aromatic carbocycles. The molecule has 0 radical (unpaired) electrons. The number of benzene rings is 1. The lowest BCUT2D eigenvalue weighted by Crippen LogP contribution is -2.27. The van der Waals surface area contributed by atoms with Crippen molar-refractivity contribution in [2.24, 2.45) is 5.73 Å². The number of hydrogen-bond donors (Lipinski definition) is 2. The van der Waals surface area contributed by atoms with Gasteiger partial charge in [-0.05, 0) is 26.0 Å². The van der Waals surface area contributed by atoms with E-state index in [1.54, 1.807) is 38.2 Å². The van der Waals surface area contributed by atoms with Gasteiger partial charge in [0.2, 0.25) is 0 Å². The van der Waals surface area contributed by atoms with Gasteiger partial charge in [0, 0.05) is 6.20 Å². The van der Waals surface area contributed by atoms with E-state index in [0.29, 0.717) is 33.1 Å². The second-order valence-corrected chi connectivity index (χ2v) is 5.30. The lowest BCUT2D eigenvalue weighted by atomic mass is 10.2. The molecule has 3 aromatic rings. The van der Waals surface area contributed by atoms with Gasteiger partial charge in [-0.15, -0.1) is 0 Å². The average Bonchev–Trinajstić information content (AvgIpc) is 2.84. The number of nitrogens with one attached hydrogen (secondary N) is 1. The van der Waals surface area contributed by atoms with E-state index >= 15 is 0 Å². The normalized spacial score (nSPS) is 12.8. The maximum atomic E-state index is 12.9. The van der Waals surface area contributed by atoms with Crippen LogP contribution in [0.5, 0.6) is 0 Å². The zero-order chi connectivity index (χ0) is 15.1. The number of aromatic nitrogens is 4. The summed E-state index contributed by atoms with van der Waals surface area (Å²) in [4.78, 5) is 17.4. The number of aryl methyl sites for hydroxylation is 1. The van der Waals surface area contributed by atoms with Crippen LogP contribution in [0.2, 0.25) is 5.02 Å². The first kappa shape index (κ1) is 13.8. The zero-order valence-electron chi connectivity index (χ0n) is 11.6. The van der Waals surface area contributed by atoms with Crippen LogP contribution in [0.3, 0.4) is 0 Å². The molecule has 0 saturated carbocycles. The van der Waals surface area contributed by atoms with Crippen molar-refractivity contribution in [2.45, 2.75) is 19.9 Å². The number of nitrogens with zero attached hydrogens (tertiary/aromatic N) is 3. The second-order valence-electron chi connectivity index (χ2n) is 4.89. The third kappa shape index (κ3) is 2.12. The molecule has 21 heavy (non-hydrogen) atoms. The molecule has 6 nitrogen and oxygen atoms in total. The highest BCUT2D eigenvalue weighted by Crippen LogP contribution is 2.22. The largest absolute Gasteiger partial charge is 0.322 e. The van der Waals surface area contributed by atoms with Gasteiger partial charge in [-0.1, -0.05) is 17.7 Å². The van der Waals surface area contributed by atoms with Crippen molar-refractivity contribution in [3.8, 4) is 5.69 Å². The smallest absolute Gasteiger partial charge is 0.267 e. The summed E-state index contributed by atoms with van der Waals surface area (Å²) in [5, 5.41) is 7.54. The van der Waals surface area contributed by atoms with E-state index in [1.807, 2.05) is 0 Å². The Morgan fingerprint density at radius 2 is 2.19 bits per heavy atom. The molecule has 0 unspecified atom stereocenters. The van der Waals surface area contributed by atoms with E-state index in [1.165, 1.54) is 4.57 Å². The van der Waals surface area contributed by atoms with Gasteiger partial charge < -0.3 is 5.73 Å². The maximum Gasteiger partial charge on any atom is 0.267 e. The van der Waals surface area contributed by atoms with Gasteiger partial charge in [-0.2, -0.15) is 5.10 Å². The summed E-state index contributed by atoms with van der Waals surface area (Å²) >= 11 is 6.16. The monoisotopic (exact) mass is 303 g/mol. The molecule has 0 aliphatic heterocycles. The fraction of sp³-hybridized carbons (Fsp3) is 0.214. The molecule has 0 fully saturated rings. The number of nitrogens with two attached hydrogens (primary N) is 1. The molecular weight excluding hydrogens is 290 g/mol. The van der Waals surface area contributed by atoms with Gasteiger partial charge in [-0.25, -0.2) is 4.98 Å². The third-order valence-corrected chi connectivity index (χ3v) is 3.64. The Kier molecular flexibility index (Phi) is 3.27. The first-order chi connectivity index (χ1) is 10.0. The summed E-state index contributed by atoms with van der Waals surface area (Å²) in [5.41, 5.74) is 7.59. The van der Waals surface area contributed by atoms with Crippen LogP contribution in [-0.2, 0) is 0 Å². The van der Waals surface area contributed by atoms with Crippen LogP contribution in [0, 0.1) is 6.92 Å². The summed E-state index contributed by atoms with van der Waals surface area (Å²) in [7, 11) is 0. The number of H-pyrrole nitrogens is 1. The molecule has 7 heteroatoms. The van der Waals surface area contributed by atoms with Crippen molar-refractivity contribution in [3.63, 3.8) is 0 Å². The molecule has 2 heterocycles. The summed E-state index contributed by atoms with van der Waals surface area (Å²) < 4.78 is 1.47. The molecule has 2 aromatic heterocycles. The fourth-order valence-electron chi connectivity index (χ4n) is 2.32. The van der Waals surface area contributed by atoms with Crippen molar-refractivity contribution < 1.29 is 0 Å². The molecule has 108 valence electrons. The Bertz CT molecular complexity index is 881. The predicted molar refractivity (Wildman–Crippen MR) is 81.8 cm³/mol. The van der Waals surface area contributed by atoms with Crippen molar-refractivity contribution >= 4 is 22.5 Å². The lowest BCUT2D eigenvalue weighted by Gasteiger charge is -2.15. The van der Waals surface area contributed by atoms with Gasteiger partial charge in [0.05, 0.1) is 33.3 Å². The first-order valence-electron chi connectivity index (χ1n) is 6.48. The highest BCUT2D eigenvalue weighted by molar-refractivity contribution is 6.35. The van der Waals surface area contributed by atoms with Crippen LogP contribution in [0.4, 0.5) is 0 Å². The van der Waals surface area contributed by atoms with Crippen LogP contribution in [-0.4, -0.2) is 19.7 Å². The third-order valence-electron chi connectivity index (χ3n) is 3.33. The van der Waals surface area contributed by atoms with Crippen LogP contribution in [0.15, 0.2) is 29.2 Å². The van der Waals surface area contributed by atoms with E-state index in [0.717, 1.165) is 0 Å². The SMILES string of the molecule is Cc1n[nH]cc1-n1c([C@H](C)N)nc2cccc(Cl)c2c1=O. The summed E-state index contributed by atoms with van der Waals surface area (Å²) in [6.45, 7) is 3.59. The molecule has 3 N–H and O–H groups in total. The first-order valence-corrected chi connectivity index (χ1v) is 6.86. The van der Waals surface area contributed by atoms with Crippen LogP contribution >= 0.6 is 11.6 Å². The highest BCUT2D eigenvalue weighted by Gasteiger charge is 2.19. The zero-order valence-corrected chi connectivity index (χ0v) is 12.3. The number of fused-ring (bicyclic) bond motifs is 1. The number of rotatable bonds is 2. The molecule has 3 rings (SSSR count). The Balaban J connectivity index is 2.50. The highest BCUT2D eigenvalue weighted by atomic mass is 35.5. The molecule has 0 bridgehead atoms. The van der Waals surface area contributed by atoms with Gasteiger partial charge in [0.1, 0.15) is 5.82 Å². The minimum atomic E-state index is -0.407. The van der Waals surface area contributed by atoms with Gasteiger partial charge in [0.15, 0.2) is 0 Å². The molecular formula is C14H14ClN5O. The van der Waals surface area contributed by atoms with Crippen molar-refractivity contribution in [3.05, 3.63) is 51.3 Å². The van der Waals surface area contributed by atoms with E-state index in [4.69, 9.17) is 17.3 Å². The van der Waals surface area contributed by atoms with Crippen molar-refractivity contribution in [1.29, 1.82) is 0 Å². The Morgan fingerprint density at radius 1 is 1.43 bits per heavy atom. The Hall–Kier alpha value is -2.18. The minimum absolute atomic E-state index is 0.248. The maximum absolute atomic E-state index is 12.9. The molecule has 0 saturated heterocycles. The minimum Gasteiger partial charge on any atom is -0.322 e. The lowest BCUT2D eigenvalue weighted by molar-refractivity contribution is 0.695. The fourth-order valence-corrected chi connectivity index (χ4v) is 2.57. The van der Waals surface area contributed by atoms with Crippen LogP contribution in [0.25, 0.3) is 16.6 Å². The average molecular weight is 304 g/mol. The topological polar surface area (TPSA) is 89.6 Å². The predicted octanol–water partition coefficient (Wildman–Crippen LogP) is 2.09. The van der Waals surface area contributed by atoms with E-state index in [9.17, 15) is 4.79 Å². The van der Waals surface area contributed by atoms with E-state index < -0.39 is 6.04 Å². The molecule has 1 atom stereocenters. The molecule has 0 spiro atoms. The summed E-state index contributed by atoms with van der Waals surface area (Å²) in [6, 6.07) is 4.78. The van der Waals surface area contributed by atoms with Crippen molar-refractivity contribution in [1.82, 2.24) is 19.7 Å². The molecule has 0 aliphatic carbocycles. The second kappa shape index (κ2) is 4.98. The van der Waals surface area contributed by atoms with Gasteiger partial charge >= 0.3 is 0 Å². The van der Waals surface area contributed by atoms with E-state index in [2.05, 4.69) is 15.2 Å². The van der Waals surface area contributed by atoms with E-state index in [-0.39, 0.29) is 5.56 Å². The quantitative estimate of drug-likeness (QED) is 0.758. The number of hydrogen-bond acceptors (Lipinski definition) is 4. The van der Waals surface area contributed by atoms with Crippen LogP contribution < -0.4 is 11.3 Å².